The SMILES string of the molecule is CCCCCOC(=O)Nc1nc(=O)n(C2OC(C)[C@@H](O)[C@H]2O)cc1F. The van der Waals surface area contributed by atoms with Crippen LogP contribution in [0.4, 0.5) is 15.0 Å². The number of carbonyl (C=O) groups excluding carboxylic acids is 1. The number of aromatic nitrogens is 2. The Bertz CT molecular complexity index is 667. The van der Waals surface area contributed by atoms with Crippen molar-refractivity contribution in [2.75, 3.05) is 11.9 Å². The molecule has 0 spiro atoms. The highest BCUT2D eigenvalue weighted by molar-refractivity contribution is 5.83. The van der Waals surface area contributed by atoms with Gasteiger partial charge < -0.3 is 19.7 Å². The van der Waals surface area contributed by atoms with Gasteiger partial charge in [0.15, 0.2) is 17.9 Å². The van der Waals surface area contributed by atoms with Crippen molar-refractivity contribution in [3.8, 4) is 0 Å². The van der Waals surface area contributed by atoms with Crippen LogP contribution in [-0.2, 0) is 9.47 Å². The third-order valence-corrected chi connectivity index (χ3v) is 3.86. The number of aliphatic hydroxyl groups excluding tert-OH is 2. The Hall–Kier alpha value is -2.04. The Morgan fingerprint density at radius 3 is 2.76 bits per heavy atom. The molecule has 0 aromatic carbocycles. The largest absolute Gasteiger partial charge is 0.449 e. The average molecular weight is 359 g/mol. The first-order valence-corrected chi connectivity index (χ1v) is 8.09. The molecule has 140 valence electrons. The number of anilines is 1. The number of aliphatic hydroxyl groups is 2. The molecule has 0 saturated carbocycles. The highest BCUT2D eigenvalue weighted by atomic mass is 19.1. The number of hydrogen-bond acceptors (Lipinski definition) is 7. The lowest BCUT2D eigenvalue weighted by Gasteiger charge is -2.17. The van der Waals surface area contributed by atoms with E-state index >= 15 is 0 Å². The van der Waals surface area contributed by atoms with Gasteiger partial charge in [0.2, 0.25) is 0 Å². The highest BCUT2D eigenvalue weighted by Gasteiger charge is 2.42. The first kappa shape index (κ1) is 19.3. The van der Waals surface area contributed by atoms with Crippen molar-refractivity contribution >= 4 is 11.9 Å². The molecule has 1 aliphatic rings. The van der Waals surface area contributed by atoms with Crippen LogP contribution in [0.2, 0.25) is 0 Å². The molecule has 2 unspecified atom stereocenters. The summed E-state index contributed by atoms with van der Waals surface area (Å²) in [4.78, 5) is 27.0. The molecule has 1 amide bonds. The minimum atomic E-state index is -1.41. The van der Waals surface area contributed by atoms with E-state index in [4.69, 9.17) is 9.47 Å². The fourth-order valence-corrected chi connectivity index (χ4v) is 2.42. The lowest BCUT2D eigenvalue weighted by atomic mass is 10.1. The fourth-order valence-electron chi connectivity index (χ4n) is 2.42. The number of rotatable bonds is 6. The van der Waals surface area contributed by atoms with E-state index in [1.165, 1.54) is 6.92 Å². The number of unbranched alkanes of at least 4 members (excludes halogenated alkanes) is 2. The second kappa shape index (κ2) is 8.37. The van der Waals surface area contributed by atoms with E-state index in [9.17, 15) is 24.2 Å². The van der Waals surface area contributed by atoms with Crippen LogP contribution in [0.15, 0.2) is 11.0 Å². The van der Waals surface area contributed by atoms with Gasteiger partial charge >= 0.3 is 11.8 Å². The summed E-state index contributed by atoms with van der Waals surface area (Å²) in [6.45, 7) is 3.68. The van der Waals surface area contributed by atoms with E-state index in [2.05, 4.69) is 10.3 Å². The van der Waals surface area contributed by atoms with Crippen LogP contribution in [-0.4, -0.2) is 50.8 Å². The summed E-state index contributed by atoms with van der Waals surface area (Å²) in [6.07, 6.45) is -2.25. The zero-order valence-electron chi connectivity index (χ0n) is 14.0. The quantitative estimate of drug-likeness (QED) is 0.641. The molecule has 25 heavy (non-hydrogen) atoms. The predicted octanol–water partition coefficient (Wildman–Crippen LogP) is 0.760. The van der Waals surface area contributed by atoms with E-state index < -0.39 is 48.0 Å². The minimum absolute atomic E-state index is 0.177. The number of amides is 1. The Morgan fingerprint density at radius 2 is 2.16 bits per heavy atom. The molecule has 1 aromatic heterocycles. The summed E-state index contributed by atoms with van der Waals surface area (Å²) >= 11 is 0. The van der Waals surface area contributed by atoms with Gasteiger partial charge in [0, 0.05) is 0 Å². The van der Waals surface area contributed by atoms with E-state index in [1.807, 2.05) is 6.92 Å². The molecule has 1 fully saturated rings. The molecule has 0 aliphatic carbocycles. The van der Waals surface area contributed by atoms with E-state index in [0.29, 0.717) is 6.42 Å². The molecule has 0 bridgehead atoms. The van der Waals surface area contributed by atoms with Crippen LogP contribution in [0.1, 0.15) is 39.3 Å². The van der Waals surface area contributed by atoms with Crippen LogP contribution in [0, 0.1) is 5.82 Å². The van der Waals surface area contributed by atoms with Crippen molar-refractivity contribution < 1.29 is 28.9 Å². The van der Waals surface area contributed by atoms with Crippen LogP contribution in [0.25, 0.3) is 0 Å². The van der Waals surface area contributed by atoms with E-state index in [0.717, 1.165) is 23.6 Å². The summed E-state index contributed by atoms with van der Waals surface area (Å²) in [7, 11) is 0. The lowest BCUT2D eigenvalue weighted by Crippen LogP contribution is -2.36. The van der Waals surface area contributed by atoms with Gasteiger partial charge in [-0.3, -0.25) is 9.88 Å². The van der Waals surface area contributed by atoms with Gasteiger partial charge in [0.05, 0.1) is 18.9 Å². The number of carbonyl (C=O) groups is 1. The summed E-state index contributed by atoms with van der Waals surface area (Å²) in [5, 5.41) is 21.6. The smallest absolute Gasteiger partial charge is 0.412 e. The van der Waals surface area contributed by atoms with E-state index in [1.54, 1.807) is 0 Å². The van der Waals surface area contributed by atoms with Gasteiger partial charge in [0.25, 0.3) is 0 Å². The molecule has 3 N–H and O–H groups in total. The maximum Gasteiger partial charge on any atom is 0.412 e. The van der Waals surface area contributed by atoms with Crippen LogP contribution in [0.3, 0.4) is 0 Å². The van der Waals surface area contributed by atoms with Gasteiger partial charge in [-0.25, -0.2) is 14.0 Å². The highest BCUT2D eigenvalue weighted by Crippen LogP contribution is 2.28. The average Bonchev–Trinajstić information content (AvgIpc) is 2.82. The van der Waals surface area contributed by atoms with Crippen LogP contribution in [0.5, 0.6) is 0 Å². The van der Waals surface area contributed by atoms with Crippen molar-refractivity contribution in [1.82, 2.24) is 9.55 Å². The van der Waals surface area contributed by atoms with Crippen molar-refractivity contribution in [3.63, 3.8) is 0 Å². The Balaban J connectivity index is 2.07. The fraction of sp³-hybridized carbons (Fsp3) is 0.667. The summed E-state index contributed by atoms with van der Waals surface area (Å²) in [5.74, 6) is -1.59. The number of nitrogens with zero attached hydrogens (tertiary/aromatic N) is 2. The summed E-state index contributed by atoms with van der Waals surface area (Å²) in [6, 6.07) is 0. The molecule has 10 heteroatoms. The van der Waals surface area contributed by atoms with Crippen molar-refractivity contribution in [2.45, 2.75) is 57.6 Å². The van der Waals surface area contributed by atoms with Crippen molar-refractivity contribution in [2.24, 2.45) is 0 Å². The van der Waals surface area contributed by atoms with Gasteiger partial charge in [-0.15, -0.1) is 0 Å². The van der Waals surface area contributed by atoms with Crippen LogP contribution < -0.4 is 11.0 Å². The molecule has 9 nitrogen and oxygen atoms in total. The number of hydrogen-bond donors (Lipinski definition) is 3. The number of halogens is 1. The Morgan fingerprint density at radius 1 is 1.44 bits per heavy atom. The topological polar surface area (TPSA) is 123 Å². The van der Waals surface area contributed by atoms with Crippen molar-refractivity contribution in [1.29, 1.82) is 0 Å². The van der Waals surface area contributed by atoms with Gasteiger partial charge in [-0.1, -0.05) is 19.8 Å². The standard InChI is InChI=1S/C15H22FN3O6/c1-3-4-5-6-24-15(23)18-12-9(16)7-19(14(22)17-12)13-11(21)10(20)8(2)25-13/h7-8,10-11,13,20-21H,3-6H2,1-2H3,(H,17,18,22,23)/t8?,10-,11-,13?/m1/s1. The van der Waals surface area contributed by atoms with E-state index in [-0.39, 0.29) is 6.61 Å². The molecule has 1 aliphatic heterocycles. The summed E-state index contributed by atoms with van der Waals surface area (Å²) in [5.41, 5.74) is -0.951. The van der Waals surface area contributed by atoms with Crippen LogP contribution >= 0.6 is 0 Å². The first-order chi connectivity index (χ1) is 11.8. The Labute approximate surface area is 143 Å². The summed E-state index contributed by atoms with van der Waals surface area (Å²) < 4.78 is 24.9. The van der Waals surface area contributed by atoms with Gasteiger partial charge in [-0.05, 0) is 13.3 Å². The molecule has 0 radical (unpaired) electrons. The Kier molecular flexibility index (Phi) is 6.45. The van der Waals surface area contributed by atoms with Gasteiger partial charge in [-0.2, -0.15) is 4.98 Å². The molecule has 1 saturated heterocycles. The first-order valence-electron chi connectivity index (χ1n) is 8.09. The normalized spacial score (nSPS) is 25.8. The van der Waals surface area contributed by atoms with Gasteiger partial charge in [0.1, 0.15) is 12.2 Å². The molecule has 1 aromatic rings. The zero-order valence-corrected chi connectivity index (χ0v) is 14.0. The molecular formula is C15H22FN3O6. The third-order valence-electron chi connectivity index (χ3n) is 3.86. The zero-order chi connectivity index (χ0) is 18.6. The number of ether oxygens (including phenoxy) is 2. The van der Waals surface area contributed by atoms with Crippen molar-refractivity contribution in [3.05, 3.63) is 22.5 Å². The predicted molar refractivity (Wildman–Crippen MR) is 84.5 cm³/mol. The second-order valence-corrected chi connectivity index (χ2v) is 5.81. The maximum absolute atomic E-state index is 14.1. The second-order valence-electron chi connectivity index (χ2n) is 5.81. The molecule has 4 atom stereocenters. The number of nitrogens with one attached hydrogen (secondary N) is 1. The lowest BCUT2D eigenvalue weighted by molar-refractivity contribution is -0.0355. The molecule has 2 rings (SSSR count). The monoisotopic (exact) mass is 359 g/mol. The molecular weight excluding hydrogens is 337 g/mol. The molecule has 2 heterocycles. The third kappa shape index (κ3) is 4.53. The maximum atomic E-state index is 14.1. The minimum Gasteiger partial charge on any atom is -0.449 e.